The Balaban J connectivity index is 2.76. The summed E-state index contributed by atoms with van der Waals surface area (Å²) in [5.74, 6) is 0.951. The van der Waals surface area contributed by atoms with Gasteiger partial charge in [-0.2, -0.15) is 0 Å². The zero-order chi connectivity index (χ0) is 11.3. The molecule has 0 unspecified atom stereocenters. The van der Waals surface area contributed by atoms with Crippen LogP contribution in [0.1, 0.15) is 11.1 Å². The van der Waals surface area contributed by atoms with E-state index in [2.05, 4.69) is 36.6 Å². The third-order valence-corrected chi connectivity index (χ3v) is 2.43. The molecule has 15 heavy (non-hydrogen) atoms. The second-order valence-electron chi connectivity index (χ2n) is 3.67. The van der Waals surface area contributed by atoms with E-state index in [1.54, 1.807) is 7.11 Å². The number of hydrogen-bond acceptors (Lipinski definition) is 3. The van der Waals surface area contributed by atoms with E-state index in [4.69, 9.17) is 4.74 Å². The molecule has 1 aromatic rings. The molecule has 0 heterocycles. The maximum Gasteiger partial charge on any atom is 0.122 e. The summed E-state index contributed by atoms with van der Waals surface area (Å²) >= 11 is 0. The van der Waals surface area contributed by atoms with Crippen LogP contribution in [0.15, 0.2) is 12.1 Å². The Morgan fingerprint density at radius 2 is 1.87 bits per heavy atom. The van der Waals surface area contributed by atoms with Crippen molar-refractivity contribution in [2.24, 2.45) is 0 Å². The number of likely N-dealkylation sites (N-methyl/N-ethyl adjacent to an activating group) is 1. The first-order chi connectivity index (χ1) is 7.19. The molecule has 3 heteroatoms. The highest BCUT2D eigenvalue weighted by atomic mass is 16.5. The van der Waals surface area contributed by atoms with Crippen molar-refractivity contribution in [1.29, 1.82) is 0 Å². The predicted octanol–water partition coefficient (Wildman–Crippen LogP) is 1.94. The van der Waals surface area contributed by atoms with Crippen LogP contribution in [0.4, 0.5) is 5.69 Å². The number of methoxy groups -OCH3 is 1. The summed E-state index contributed by atoms with van der Waals surface area (Å²) in [4.78, 5) is 0. The van der Waals surface area contributed by atoms with Crippen LogP contribution in [0.5, 0.6) is 5.75 Å². The lowest BCUT2D eigenvalue weighted by Gasteiger charge is -2.13. The van der Waals surface area contributed by atoms with Crippen molar-refractivity contribution < 1.29 is 4.74 Å². The van der Waals surface area contributed by atoms with Crippen LogP contribution >= 0.6 is 0 Å². The molecular formula is C12H20N2O. The monoisotopic (exact) mass is 208 g/mol. The van der Waals surface area contributed by atoms with Crippen molar-refractivity contribution in [2.45, 2.75) is 13.8 Å². The number of nitrogens with one attached hydrogen (secondary N) is 2. The first-order valence-electron chi connectivity index (χ1n) is 5.22. The zero-order valence-corrected chi connectivity index (χ0v) is 9.98. The smallest absolute Gasteiger partial charge is 0.122 e. The Kier molecular flexibility index (Phi) is 4.43. The summed E-state index contributed by atoms with van der Waals surface area (Å²) in [6.45, 7) is 6.04. The van der Waals surface area contributed by atoms with Gasteiger partial charge in [0, 0.05) is 18.8 Å². The van der Waals surface area contributed by atoms with Crippen molar-refractivity contribution >= 4 is 5.69 Å². The zero-order valence-electron chi connectivity index (χ0n) is 9.98. The molecule has 84 valence electrons. The van der Waals surface area contributed by atoms with Gasteiger partial charge in [0.05, 0.1) is 7.11 Å². The Bertz CT molecular complexity index is 324. The number of aryl methyl sites for hydroxylation is 2. The summed E-state index contributed by atoms with van der Waals surface area (Å²) < 4.78 is 5.27. The molecule has 0 aliphatic carbocycles. The minimum Gasteiger partial charge on any atom is -0.496 e. The van der Waals surface area contributed by atoms with Gasteiger partial charge in [-0.05, 0) is 44.2 Å². The average molecular weight is 208 g/mol. The van der Waals surface area contributed by atoms with Crippen LogP contribution in [0.3, 0.4) is 0 Å². The van der Waals surface area contributed by atoms with E-state index in [0.29, 0.717) is 0 Å². The molecule has 3 nitrogen and oxygen atoms in total. The van der Waals surface area contributed by atoms with Crippen LogP contribution in [-0.4, -0.2) is 27.2 Å². The molecule has 0 bridgehead atoms. The van der Waals surface area contributed by atoms with Crippen molar-refractivity contribution in [1.82, 2.24) is 5.32 Å². The van der Waals surface area contributed by atoms with Gasteiger partial charge < -0.3 is 15.4 Å². The summed E-state index contributed by atoms with van der Waals surface area (Å²) in [5.41, 5.74) is 3.56. The Labute approximate surface area is 91.8 Å². The molecular weight excluding hydrogens is 188 g/mol. The summed E-state index contributed by atoms with van der Waals surface area (Å²) in [6, 6.07) is 4.20. The Morgan fingerprint density at radius 1 is 1.13 bits per heavy atom. The Morgan fingerprint density at radius 3 is 2.47 bits per heavy atom. The van der Waals surface area contributed by atoms with Crippen molar-refractivity contribution in [3.63, 3.8) is 0 Å². The van der Waals surface area contributed by atoms with Gasteiger partial charge in [-0.1, -0.05) is 0 Å². The highest BCUT2D eigenvalue weighted by molar-refractivity contribution is 5.56. The van der Waals surface area contributed by atoms with E-state index in [-0.39, 0.29) is 0 Å². The van der Waals surface area contributed by atoms with Gasteiger partial charge in [-0.3, -0.25) is 0 Å². The van der Waals surface area contributed by atoms with Gasteiger partial charge >= 0.3 is 0 Å². The second kappa shape index (κ2) is 5.61. The van der Waals surface area contributed by atoms with Crippen molar-refractivity contribution in [3.8, 4) is 5.75 Å². The molecule has 0 saturated heterocycles. The fourth-order valence-corrected chi connectivity index (χ4v) is 1.52. The maximum absolute atomic E-state index is 5.27. The van der Waals surface area contributed by atoms with Crippen molar-refractivity contribution in [2.75, 3.05) is 32.6 Å². The van der Waals surface area contributed by atoms with Gasteiger partial charge in [-0.15, -0.1) is 0 Å². The quantitative estimate of drug-likeness (QED) is 0.726. The standard InChI is InChI=1S/C12H20N2O/c1-9-8-12(15-4)10(2)7-11(9)14-6-5-13-3/h7-8,13-14H,5-6H2,1-4H3. The van der Waals surface area contributed by atoms with Gasteiger partial charge in [0.25, 0.3) is 0 Å². The average Bonchev–Trinajstić information content (AvgIpc) is 2.23. The number of rotatable bonds is 5. The van der Waals surface area contributed by atoms with E-state index >= 15 is 0 Å². The molecule has 2 N–H and O–H groups in total. The van der Waals surface area contributed by atoms with E-state index in [9.17, 15) is 0 Å². The van der Waals surface area contributed by atoms with Crippen LogP contribution in [0.25, 0.3) is 0 Å². The van der Waals surface area contributed by atoms with Crippen LogP contribution < -0.4 is 15.4 Å². The van der Waals surface area contributed by atoms with Crippen molar-refractivity contribution in [3.05, 3.63) is 23.3 Å². The third-order valence-electron chi connectivity index (χ3n) is 2.43. The number of ether oxygens (including phenoxy) is 1. The van der Waals surface area contributed by atoms with E-state index < -0.39 is 0 Å². The maximum atomic E-state index is 5.27. The third kappa shape index (κ3) is 3.13. The molecule has 1 aromatic carbocycles. The first kappa shape index (κ1) is 11.9. The van der Waals surface area contributed by atoms with Crippen LogP contribution in [0.2, 0.25) is 0 Å². The van der Waals surface area contributed by atoms with E-state index in [0.717, 1.165) is 24.4 Å². The Hall–Kier alpha value is -1.22. The highest BCUT2D eigenvalue weighted by Crippen LogP contribution is 2.25. The lowest BCUT2D eigenvalue weighted by Crippen LogP contribution is -2.18. The number of hydrogen-bond donors (Lipinski definition) is 2. The minimum atomic E-state index is 0.934. The van der Waals surface area contributed by atoms with Crippen LogP contribution in [-0.2, 0) is 0 Å². The van der Waals surface area contributed by atoms with Gasteiger partial charge in [-0.25, -0.2) is 0 Å². The molecule has 0 spiro atoms. The first-order valence-corrected chi connectivity index (χ1v) is 5.22. The number of anilines is 1. The minimum absolute atomic E-state index is 0.934. The molecule has 0 fully saturated rings. The van der Waals surface area contributed by atoms with Gasteiger partial charge in [0.15, 0.2) is 0 Å². The summed E-state index contributed by atoms with van der Waals surface area (Å²) in [7, 11) is 3.66. The second-order valence-corrected chi connectivity index (χ2v) is 3.67. The SMILES string of the molecule is CNCCNc1cc(C)c(OC)cc1C. The topological polar surface area (TPSA) is 33.3 Å². The molecule has 0 radical (unpaired) electrons. The molecule has 0 atom stereocenters. The molecule has 0 aliphatic rings. The fourth-order valence-electron chi connectivity index (χ4n) is 1.52. The fraction of sp³-hybridized carbons (Fsp3) is 0.500. The lowest BCUT2D eigenvalue weighted by atomic mass is 10.1. The number of benzene rings is 1. The lowest BCUT2D eigenvalue weighted by molar-refractivity contribution is 0.411. The van der Waals surface area contributed by atoms with Gasteiger partial charge in [0.2, 0.25) is 0 Å². The largest absolute Gasteiger partial charge is 0.496 e. The summed E-state index contributed by atoms with van der Waals surface area (Å²) in [6.07, 6.45) is 0. The molecule has 1 rings (SSSR count). The highest BCUT2D eigenvalue weighted by Gasteiger charge is 2.03. The van der Waals surface area contributed by atoms with Gasteiger partial charge in [0.1, 0.15) is 5.75 Å². The molecule has 0 amide bonds. The predicted molar refractivity (Wildman–Crippen MR) is 64.9 cm³/mol. The molecule has 0 saturated carbocycles. The summed E-state index contributed by atoms with van der Waals surface area (Å²) in [5, 5.41) is 6.50. The molecule has 0 aliphatic heterocycles. The van der Waals surface area contributed by atoms with E-state index in [1.807, 2.05) is 7.05 Å². The normalized spacial score (nSPS) is 10.1. The molecule has 0 aromatic heterocycles. The van der Waals surface area contributed by atoms with E-state index in [1.165, 1.54) is 11.3 Å². The van der Waals surface area contributed by atoms with Crippen LogP contribution in [0, 0.1) is 13.8 Å².